The van der Waals surface area contributed by atoms with Crippen LogP contribution in [0.3, 0.4) is 0 Å². The van der Waals surface area contributed by atoms with E-state index in [0.717, 1.165) is 51.3 Å². The molecule has 336 valence electrons. The molecule has 0 spiro atoms. The maximum absolute atomic E-state index is 14.1. The van der Waals surface area contributed by atoms with E-state index in [1.165, 1.54) is 5.56 Å². The molecule has 0 bridgehead atoms. The van der Waals surface area contributed by atoms with Crippen LogP contribution in [0, 0.1) is 6.92 Å². The van der Waals surface area contributed by atoms with Gasteiger partial charge in [0.25, 0.3) is 11.8 Å². The highest BCUT2D eigenvalue weighted by molar-refractivity contribution is 7.81. The first-order valence-corrected chi connectivity index (χ1v) is 22.4. The van der Waals surface area contributed by atoms with Crippen molar-refractivity contribution in [1.82, 2.24) is 0 Å². The number of rotatable bonds is 17. The SMILES string of the molecule is COCCOCCON(CC(C)(C)S)c1cc(COc2cc3c(cc2C)C(=O)N2c4ccccc4C[C@H]2C=C3)cc(COc2cc3c(cc2OC)C(=O)N2c4ccccc4C[C@H]2C=N3)c1. The highest BCUT2D eigenvalue weighted by atomic mass is 32.1. The average Bonchev–Trinajstić information content (AvgIpc) is 3.79. The van der Waals surface area contributed by atoms with E-state index in [9.17, 15) is 9.59 Å². The van der Waals surface area contributed by atoms with Gasteiger partial charge in [0.2, 0.25) is 0 Å². The lowest BCUT2D eigenvalue weighted by molar-refractivity contribution is 0.0157. The number of para-hydroxylation sites is 2. The van der Waals surface area contributed by atoms with Crippen LogP contribution >= 0.6 is 12.6 Å². The molecule has 0 N–H and O–H groups in total. The van der Waals surface area contributed by atoms with Gasteiger partial charge in [0.15, 0.2) is 11.5 Å². The van der Waals surface area contributed by atoms with Gasteiger partial charge in [0.05, 0.1) is 69.1 Å². The van der Waals surface area contributed by atoms with Gasteiger partial charge in [-0.05, 0) is 109 Å². The van der Waals surface area contributed by atoms with Gasteiger partial charge in [-0.2, -0.15) is 12.6 Å². The van der Waals surface area contributed by atoms with E-state index in [0.29, 0.717) is 73.5 Å². The van der Waals surface area contributed by atoms with E-state index < -0.39 is 4.75 Å². The molecule has 2 atom stereocenters. The van der Waals surface area contributed by atoms with Gasteiger partial charge in [0, 0.05) is 47.5 Å². The van der Waals surface area contributed by atoms with Crippen molar-refractivity contribution < 1.29 is 38.1 Å². The fraction of sp³-hybridized carbons (Fsp3) is 0.327. The van der Waals surface area contributed by atoms with E-state index in [1.54, 1.807) is 26.4 Å². The van der Waals surface area contributed by atoms with Crippen LogP contribution in [0.15, 0.2) is 102 Å². The maximum Gasteiger partial charge on any atom is 0.261 e. The van der Waals surface area contributed by atoms with Crippen molar-refractivity contribution in [3.63, 3.8) is 0 Å². The van der Waals surface area contributed by atoms with Crippen LogP contribution in [0.5, 0.6) is 17.2 Å². The first kappa shape index (κ1) is 44.1. The van der Waals surface area contributed by atoms with Crippen LogP contribution in [-0.2, 0) is 40.4 Å². The monoisotopic (exact) mass is 894 g/mol. The highest BCUT2D eigenvalue weighted by Crippen LogP contribution is 2.42. The number of carbonyl (C=O) groups is 2. The first-order valence-electron chi connectivity index (χ1n) is 22.0. The number of fused-ring (bicyclic) bond motifs is 8. The number of hydrogen-bond donors (Lipinski definition) is 1. The summed E-state index contributed by atoms with van der Waals surface area (Å²) in [6, 6.07) is 29.4. The molecule has 2 amide bonds. The Bertz CT molecular complexity index is 2680. The summed E-state index contributed by atoms with van der Waals surface area (Å²) in [4.78, 5) is 43.0. The Labute approximate surface area is 385 Å². The third kappa shape index (κ3) is 9.37. The van der Waals surface area contributed by atoms with Gasteiger partial charge in [-0.1, -0.05) is 48.6 Å². The Hall–Kier alpha value is -6.12. The second-order valence-electron chi connectivity index (χ2n) is 17.4. The number of amides is 2. The van der Waals surface area contributed by atoms with Gasteiger partial charge < -0.3 is 28.6 Å². The Morgan fingerprint density at radius 3 is 2.08 bits per heavy atom. The Morgan fingerprint density at radius 2 is 1.38 bits per heavy atom. The summed E-state index contributed by atoms with van der Waals surface area (Å²) in [5.41, 5.74) is 9.92. The third-order valence-electron chi connectivity index (χ3n) is 12.0. The summed E-state index contributed by atoms with van der Waals surface area (Å²) in [6.07, 6.45) is 7.48. The van der Waals surface area contributed by atoms with Crippen molar-refractivity contribution in [1.29, 1.82) is 0 Å². The summed E-state index contributed by atoms with van der Waals surface area (Å²) < 4.78 is 29.4. The largest absolute Gasteiger partial charge is 0.493 e. The molecule has 0 unspecified atom stereocenters. The van der Waals surface area contributed by atoms with Crippen molar-refractivity contribution in [3.8, 4) is 17.2 Å². The quantitative estimate of drug-likeness (QED) is 0.0555. The minimum Gasteiger partial charge on any atom is -0.493 e. The van der Waals surface area contributed by atoms with Crippen LogP contribution in [0.1, 0.15) is 67.9 Å². The molecule has 9 rings (SSSR count). The summed E-state index contributed by atoms with van der Waals surface area (Å²) in [5, 5.41) is 1.84. The van der Waals surface area contributed by atoms with Crippen LogP contribution in [0.4, 0.5) is 22.7 Å². The molecular weight excluding hydrogens is 841 g/mol. The predicted molar refractivity (Wildman–Crippen MR) is 257 cm³/mol. The van der Waals surface area contributed by atoms with Gasteiger partial charge in [0.1, 0.15) is 19.0 Å². The molecule has 0 aromatic heterocycles. The molecule has 12 nitrogen and oxygen atoms in total. The van der Waals surface area contributed by atoms with Crippen LogP contribution in [0.2, 0.25) is 0 Å². The van der Waals surface area contributed by atoms with Crippen LogP contribution < -0.4 is 29.1 Å². The maximum atomic E-state index is 14.1. The highest BCUT2D eigenvalue weighted by Gasteiger charge is 2.37. The molecule has 0 aliphatic carbocycles. The molecule has 0 radical (unpaired) electrons. The molecule has 5 aromatic carbocycles. The number of hydroxylamine groups is 1. The summed E-state index contributed by atoms with van der Waals surface area (Å²) in [5.74, 6) is 1.40. The Morgan fingerprint density at radius 1 is 0.738 bits per heavy atom. The molecule has 4 aliphatic heterocycles. The second kappa shape index (κ2) is 18.8. The smallest absolute Gasteiger partial charge is 0.261 e. The van der Waals surface area contributed by atoms with Gasteiger partial charge in [-0.3, -0.25) is 29.4 Å². The van der Waals surface area contributed by atoms with Crippen molar-refractivity contribution in [2.24, 2.45) is 4.99 Å². The molecule has 65 heavy (non-hydrogen) atoms. The number of aliphatic imine (C=N–C) groups is 1. The lowest BCUT2D eigenvalue weighted by Gasteiger charge is -2.31. The zero-order valence-corrected chi connectivity index (χ0v) is 38.3. The lowest BCUT2D eigenvalue weighted by atomic mass is 10.0. The predicted octanol–water partition coefficient (Wildman–Crippen LogP) is 9.16. The number of benzene rings is 5. The van der Waals surface area contributed by atoms with E-state index in [-0.39, 0.29) is 37.1 Å². The molecular formula is C52H54N4O8S. The fourth-order valence-electron chi connectivity index (χ4n) is 8.93. The summed E-state index contributed by atoms with van der Waals surface area (Å²) in [6.45, 7) is 8.49. The average molecular weight is 895 g/mol. The van der Waals surface area contributed by atoms with Gasteiger partial charge in [-0.15, -0.1) is 0 Å². The van der Waals surface area contributed by atoms with Crippen molar-refractivity contribution >= 4 is 59.5 Å². The Kier molecular flexibility index (Phi) is 12.7. The molecule has 4 aliphatic rings. The third-order valence-corrected chi connectivity index (χ3v) is 12.1. The fourth-order valence-corrected chi connectivity index (χ4v) is 9.06. The van der Waals surface area contributed by atoms with Crippen molar-refractivity contribution in [3.05, 3.63) is 142 Å². The van der Waals surface area contributed by atoms with E-state index in [4.69, 9.17) is 46.1 Å². The number of ether oxygens (including phenoxy) is 5. The number of carbonyl (C=O) groups excluding carboxylic acids is 2. The molecule has 0 saturated heterocycles. The zero-order valence-electron chi connectivity index (χ0n) is 37.4. The zero-order chi connectivity index (χ0) is 45.2. The van der Waals surface area contributed by atoms with Gasteiger partial charge in [-0.25, -0.2) is 0 Å². The normalized spacial score (nSPS) is 16.8. The van der Waals surface area contributed by atoms with Crippen LogP contribution in [-0.4, -0.2) is 82.1 Å². The number of thiol groups is 1. The standard InChI is InChI=1S/C52H54N4O8S/c1-33-20-42-36(14-15-39-24-37-10-6-8-12-45(37)55(39)50(42)57)26-47(33)62-30-34-21-35(23-40(22-34)54(32-52(2,3)65)64-19-18-61-17-16-59-4)31-63-49-28-44-43(27-48(49)60-5)51(58)56-41(29-53-44)25-38-11-7-9-13-46(38)56/h6-15,20-23,26-29,39,41,65H,16-19,24-25,30-32H2,1-5H3/t39-,41+/m1/s1. The number of aryl methyl sites for hydroxylation is 1. The summed E-state index contributed by atoms with van der Waals surface area (Å²) >= 11 is 4.87. The minimum atomic E-state index is -0.425. The first-order chi connectivity index (χ1) is 31.5. The van der Waals surface area contributed by atoms with Gasteiger partial charge >= 0.3 is 0 Å². The topological polar surface area (TPSA) is 112 Å². The Balaban J connectivity index is 0.991. The molecule has 5 aromatic rings. The number of anilines is 3. The van der Waals surface area contributed by atoms with Crippen molar-refractivity contribution in [2.45, 2.75) is 63.7 Å². The van der Waals surface area contributed by atoms with E-state index in [1.807, 2.05) is 115 Å². The number of hydrogen-bond acceptors (Lipinski definition) is 11. The van der Waals surface area contributed by atoms with E-state index in [2.05, 4.69) is 18.2 Å². The molecule has 4 heterocycles. The molecule has 0 fully saturated rings. The number of nitrogens with zero attached hydrogens (tertiary/aromatic N) is 4. The molecule has 0 saturated carbocycles. The summed E-state index contributed by atoms with van der Waals surface area (Å²) in [7, 11) is 3.21. The van der Waals surface area contributed by atoms with Crippen LogP contribution in [0.25, 0.3) is 6.08 Å². The van der Waals surface area contributed by atoms with Crippen molar-refractivity contribution in [2.75, 3.05) is 62.1 Å². The lowest BCUT2D eigenvalue weighted by Crippen LogP contribution is -2.37. The minimum absolute atomic E-state index is 0.0149. The van der Waals surface area contributed by atoms with E-state index >= 15 is 0 Å². The second-order valence-corrected chi connectivity index (χ2v) is 18.6. The number of methoxy groups -OCH3 is 2. The molecule has 13 heteroatoms.